The number of thiocarbonyl (C=S) groups is 1. The minimum Gasteiger partial charge on any atom is -0.490 e. The standard InChI is InChI=1S/C19H19BrN2O4S/c1-4-7-22-18(24)13(17(23)21-19(22)27)9-12-10-15(25-6-3)16(11-14(12)20)26-8-5-2/h4-5,9-11H,1-2,6-8H2,3H3,(H,21,23,27)/b13-9+. The fourth-order valence-corrected chi connectivity index (χ4v) is 3.02. The van der Waals surface area contributed by atoms with Gasteiger partial charge in [0, 0.05) is 11.0 Å². The molecule has 1 saturated heterocycles. The maximum atomic E-state index is 12.7. The highest BCUT2D eigenvalue weighted by Crippen LogP contribution is 2.35. The Bertz CT molecular complexity index is 835. The molecule has 1 aromatic carbocycles. The first-order valence-electron chi connectivity index (χ1n) is 8.12. The molecule has 2 amide bonds. The zero-order chi connectivity index (χ0) is 20.0. The van der Waals surface area contributed by atoms with E-state index in [1.807, 2.05) is 6.92 Å². The summed E-state index contributed by atoms with van der Waals surface area (Å²) < 4.78 is 11.8. The van der Waals surface area contributed by atoms with Crippen LogP contribution in [0.1, 0.15) is 12.5 Å². The maximum absolute atomic E-state index is 12.7. The Morgan fingerprint density at radius 2 is 1.93 bits per heavy atom. The van der Waals surface area contributed by atoms with Crippen LogP contribution in [0.15, 0.2) is 47.5 Å². The number of halogens is 1. The number of nitrogens with zero attached hydrogens (tertiary/aromatic N) is 1. The zero-order valence-corrected chi connectivity index (χ0v) is 17.2. The first kappa shape index (κ1) is 20.9. The lowest BCUT2D eigenvalue weighted by atomic mass is 10.1. The second kappa shape index (κ2) is 9.48. The summed E-state index contributed by atoms with van der Waals surface area (Å²) in [5, 5.41) is 2.57. The minimum atomic E-state index is -0.554. The van der Waals surface area contributed by atoms with Crippen molar-refractivity contribution < 1.29 is 19.1 Å². The molecule has 1 N–H and O–H groups in total. The number of hydrogen-bond donors (Lipinski definition) is 1. The Kier molecular flexibility index (Phi) is 7.32. The van der Waals surface area contributed by atoms with E-state index in [9.17, 15) is 9.59 Å². The van der Waals surface area contributed by atoms with Crippen LogP contribution in [0.5, 0.6) is 11.5 Å². The van der Waals surface area contributed by atoms with Crippen molar-refractivity contribution in [3.63, 3.8) is 0 Å². The summed E-state index contributed by atoms with van der Waals surface area (Å²) in [7, 11) is 0. The van der Waals surface area contributed by atoms with Gasteiger partial charge in [-0.15, -0.1) is 6.58 Å². The van der Waals surface area contributed by atoms with Gasteiger partial charge in [0.2, 0.25) is 0 Å². The third kappa shape index (κ3) is 4.84. The van der Waals surface area contributed by atoms with Gasteiger partial charge < -0.3 is 9.47 Å². The first-order valence-corrected chi connectivity index (χ1v) is 9.32. The van der Waals surface area contributed by atoms with Crippen LogP contribution in [0.2, 0.25) is 0 Å². The van der Waals surface area contributed by atoms with E-state index in [1.165, 1.54) is 17.1 Å². The summed E-state index contributed by atoms with van der Waals surface area (Å²) >= 11 is 8.49. The summed E-state index contributed by atoms with van der Waals surface area (Å²) in [4.78, 5) is 26.2. The van der Waals surface area contributed by atoms with Crippen LogP contribution in [0, 0.1) is 0 Å². The molecular formula is C19H19BrN2O4S. The van der Waals surface area contributed by atoms with E-state index >= 15 is 0 Å². The number of carbonyl (C=O) groups excluding carboxylic acids is 2. The smallest absolute Gasteiger partial charge is 0.265 e. The lowest BCUT2D eigenvalue weighted by Crippen LogP contribution is -2.53. The fraction of sp³-hybridized carbons (Fsp3) is 0.211. The Morgan fingerprint density at radius 3 is 2.56 bits per heavy atom. The molecule has 0 saturated carbocycles. The Labute approximate surface area is 171 Å². The molecule has 1 fully saturated rings. The number of benzene rings is 1. The molecule has 0 unspecified atom stereocenters. The molecular weight excluding hydrogens is 432 g/mol. The molecule has 0 spiro atoms. The largest absolute Gasteiger partial charge is 0.490 e. The quantitative estimate of drug-likeness (QED) is 0.285. The molecule has 27 heavy (non-hydrogen) atoms. The van der Waals surface area contributed by atoms with Gasteiger partial charge in [0.15, 0.2) is 16.6 Å². The van der Waals surface area contributed by atoms with Gasteiger partial charge in [-0.2, -0.15) is 0 Å². The van der Waals surface area contributed by atoms with Crippen molar-refractivity contribution in [3.8, 4) is 11.5 Å². The van der Waals surface area contributed by atoms with Gasteiger partial charge in [-0.1, -0.05) is 34.7 Å². The predicted molar refractivity (Wildman–Crippen MR) is 112 cm³/mol. The van der Waals surface area contributed by atoms with E-state index in [-0.39, 0.29) is 17.2 Å². The van der Waals surface area contributed by atoms with Crippen LogP contribution < -0.4 is 14.8 Å². The average Bonchev–Trinajstić information content (AvgIpc) is 2.63. The lowest BCUT2D eigenvalue weighted by molar-refractivity contribution is -0.128. The normalized spacial score (nSPS) is 15.6. The number of rotatable bonds is 8. The maximum Gasteiger partial charge on any atom is 0.265 e. The van der Waals surface area contributed by atoms with Crippen LogP contribution in [0.3, 0.4) is 0 Å². The zero-order valence-electron chi connectivity index (χ0n) is 14.8. The van der Waals surface area contributed by atoms with Gasteiger partial charge in [0.05, 0.1) is 6.61 Å². The van der Waals surface area contributed by atoms with E-state index in [0.717, 1.165) is 0 Å². The molecule has 0 bridgehead atoms. The number of ether oxygens (including phenoxy) is 2. The molecule has 8 heteroatoms. The molecule has 0 atom stereocenters. The van der Waals surface area contributed by atoms with Crippen LogP contribution in [0.4, 0.5) is 0 Å². The number of amides is 2. The summed E-state index contributed by atoms with van der Waals surface area (Å²) in [6, 6.07) is 3.42. The summed E-state index contributed by atoms with van der Waals surface area (Å²) in [5.41, 5.74) is 0.558. The lowest BCUT2D eigenvalue weighted by Gasteiger charge is -2.27. The second-order valence-electron chi connectivity index (χ2n) is 5.37. The number of carbonyl (C=O) groups is 2. The molecule has 1 aliphatic heterocycles. The van der Waals surface area contributed by atoms with Gasteiger partial charge in [-0.25, -0.2) is 0 Å². The third-order valence-electron chi connectivity index (χ3n) is 3.52. The van der Waals surface area contributed by atoms with Crippen molar-refractivity contribution in [1.82, 2.24) is 10.2 Å². The Hall–Kier alpha value is -2.45. The molecule has 0 aromatic heterocycles. The molecule has 1 aliphatic rings. The summed E-state index contributed by atoms with van der Waals surface area (Å²) in [6.45, 7) is 10.0. The van der Waals surface area contributed by atoms with E-state index in [1.54, 1.807) is 18.2 Å². The molecule has 1 heterocycles. The van der Waals surface area contributed by atoms with E-state index in [4.69, 9.17) is 21.7 Å². The van der Waals surface area contributed by atoms with Gasteiger partial charge in [-0.05, 0) is 42.9 Å². The van der Waals surface area contributed by atoms with Crippen LogP contribution >= 0.6 is 28.1 Å². The van der Waals surface area contributed by atoms with Gasteiger partial charge in [-0.3, -0.25) is 19.8 Å². The number of nitrogens with one attached hydrogen (secondary N) is 1. The van der Waals surface area contributed by atoms with E-state index < -0.39 is 11.8 Å². The highest BCUT2D eigenvalue weighted by atomic mass is 79.9. The van der Waals surface area contributed by atoms with Crippen molar-refractivity contribution in [1.29, 1.82) is 0 Å². The molecule has 6 nitrogen and oxygen atoms in total. The molecule has 2 rings (SSSR count). The van der Waals surface area contributed by atoms with Crippen molar-refractivity contribution in [3.05, 3.63) is 53.1 Å². The highest BCUT2D eigenvalue weighted by molar-refractivity contribution is 9.10. The van der Waals surface area contributed by atoms with Crippen molar-refractivity contribution in [2.45, 2.75) is 6.92 Å². The molecule has 0 aliphatic carbocycles. The van der Waals surface area contributed by atoms with Crippen molar-refractivity contribution in [2.24, 2.45) is 0 Å². The predicted octanol–water partition coefficient (Wildman–Crippen LogP) is 3.23. The minimum absolute atomic E-state index is 0.0339. The van der Waals surface area contributed by atoms with Crippen LogP contribution in [-0.4, -0.2) is 41.6 Å². The van der Waals surface area contributed by atoms with Crippen molar-refractivity contribution >= 4 is 51.2 Å². The first-order chi connectivity index (χ1) is 12.9. The van der Waals surface area contributed by atoms with E-state index in [0.29, 0.717) is 34.7 Å². The highest BCUT2D eigenvalue weighted by Gasteiger charge is 2.32. The monoisotopic (exact) mass is 450 g/mol. The Balaban J connectivity index is 2.46. The summed E-state index contributed by atoms with van der Waals surface area (Å²) in [5.74, 6) is -0.0150. The van der Waals surface area contributed by atoms with Crippen molar-refractivity contribution in [2.75, 3.05) is 19.8 Å². The van der Waals surface area contributed by atoms with E-state index in [2.05, 4.69) is 34.4 Å². The summed E-state index contributed by atoms with van der Waals surface area (Å²) in [6.07, 6.45) is 4.65. The van der Waals surface area contributed by atoms with Gasteiger partial charge >= 0.3 is 0 Å². The topological polar surface area (TPSA) is 67.9 Å². The van der Waals surface area contributed by atoms with Crippen LogP contribution in [-0.2, 0) is 9.59 Å². The number of hydrogen-bond acceptors (Lipinski definition) is 5. The SMILES string of the molecule is C=CCOc1cc(Br)c(/C=C2\C(=O)NC(=S)N(CC=C)C2=O)cc1OCC. The molecule has 0 radical (unpaired) electrons. The van der Waals surface area contributed by atoms with Crippen LogP contribution in [0.25, 0.3) is 6.08 Å². The van der Waals surface area contributed by atoms with Gasteiger partial charge in [0.1, 0.15) is 12.2 Å². The fourth-order valence-electron chi connectivity index (χ4n) is 2.34. The molecule has 142 valence electrons. The molecule has 1 aromatic rings. The second-order valence-corrected chi connectivity index (χ2v) is 6.62. The average molecular weight is 451 g/mol. The van der Waals surface area contributed by atoms with Gasteiger partial charge in [0.25, 0.3) is 11.8 Å². The Morgan fingerprint density at radius 1 is 1.22 bits per heavy atom. The third-order valence-corrected chi connectivity index (χ3v) is 4.53.